The number of pyridine rings is 1. The van der Waals surface area contributed by atoms with Crippen LogP contribution in [0.3, 0.4) is 0 Å². The normalized spacial score (nSPS) is 19.3. The lowest BCUT2D eigenvalue weighted by atomic mass is 10.2. The summed E-state index contributed by atoms with van der Waals surface area (Å²) in [5.41, 5.74) is 3.09. The predicted octanol–water partition coefficient (Wildman–Crippen LogP) is 0.823. The van der Waals surface area contributed by atoms with Crippen LogP contribution in [0.2, 0.25) is 0 Å². The number of likely N-dealkylation sites (N-methyl/N-ethyl adjacent to an activating group) is 1. The Hall–Kier alpha value is -2.08. The molecule has 6 nitrogen and oxygen atoms in total. The average molecular weight is 274 g/mol. The van der Waals surface area contributed by atoms with Crippen molar-refractivity contribution in [3.63, 3.8) is 0 Å². The molecule has 3 rings (SSSR count). The molecule has 1 amide bonds. The summed E-state index contributed by atoms with van der Waals surface area (Å²) in [7, 11) is 1.63. The van der Waals surface area contributed by atoms with E-state index in [2.05, 4.69) is 33.2 Å². The number of fused-ring (bicyclic) bond motifs is 1. The van der Waals surface area contributed by atoms with Crippen LogP contribution in [0.15, 0.2) is 18.5 Å². The highest BCUT2D eigenvalue weighted by atomic mass is 16.5. The summed E-state index contributed by atoms with van der Waals surface area (Å²) in [6.07, 6.45) is 3.37. The number of nitrogens with zero attached hydrogens (tertiary/aromatic N) is 2. The molecule has 106 valence electrons. The zero-order chi connectivity index (χ0) is 14.1. The van der Waals surface area contributed by atoms with Gasteiger partial charge >= 0.3 is 0 Å². The Bertz CT molecular complexity index is 637. The monoisotopic (exact) mass is 274 g/mol. The lowest BCUT2D eigenvalue weighted by molar-refractivity contribution is -0.132. The molecule has 1 unspecified atom stereocenters. The first-order chi connectivity index (χ1) is 9.69. The van der Waals surface area contributed by atoms with Crippen molar-refractivity contribution in [2.75, 3.05) is 31.6 Å². The number of aryl methyl sites for hydroxylation is 1. The van der Waals surface area contributed by atoms with Crippen LogP contribution in [-0.4, -0.2) is 48.7 Å². The molecule has 20 heavy (non-hydrogen) atoms. The maximum Gasteiger partial charge on any atom is 0.250 e. The Labute approximate surface area is 117 Å². The van der Waals surface area contributed by atoms with Gasteiger partial charge in [-0.1, -0.05) is 0 Å². The zero-order valence-corrected chi connectivity index (χ0v) is 11.6. The molecule has 3 heterocycles. The summed E-state index contributed by atoms with van der Waals surface area (Å²) in [6.45, 7) is 3.92. The van der Waals surface area contributed by atoms with Crippen molar-refractivity contribution < 1.29 is 9.53 Å². The molecule has 1 fully saturated rings. The molecule has 1 saturated heterocycles. The van der Waals surface area contributed by atoms with Gasteiger partial charge in [0.05, 0.1) is 25.0 Å². The summed E-state index contributed by atoms with van der Waals surface area (Å²) < 4.78 is 5.50. The fourth-order valence-corrected chi connectivity index (χ4v) is 2.50. The lowest BCUT2D eigenvalue weighted by Crippen LogP contribution is -2.49. The Morgan fingerprint density at radius 1 is 1.60 bits per heavy atom. The second-order valence-electron chi connectivity index (χ2n) is 4.98. The van der Waals surface area contributed by atoms with Crippen molar-refractivity contribution in [3.8, 4) is 0 Å². The largest absolute Gasteiger partial charge is 0.365 e. The van der Waals surface area contributed by atoms with Gasteiger partial charge < -0.3 is 19.9 Å². The summed E-state index contributed by atoms with van der Waals surface area (Å²) in [6, 6.07) is 2.11. The zero-order valence-electron chi connectivity index (χ0n) is 11.6. The molecule has 0 radical (unpaired) electrons. The molecule has 6 heteroatoms. The molecule has 0 spiro atoms. The molecule has 1 aliphatic heterocycles. The van der Waals surface area contributed by atoms with E-state index in [0.29, 0.717) is 13.2 Å². The number of hydrogen-bond acceptors (Lipinski definition) is 4. The summed E-state index contributed by atoms with van der Waals surface area (Å²) in [4.78, 5) is 21.4. The van der Waals surface area contributed by atoms with Crippen molar-refractivity contribution >= 4 is 22.6 Å². The molecule has 0 saturated carbocycles. The number of amides is 1. The number of aromatic nitrogens is 2. The van der Waals surface area contributed by atoms with Gasteiger partial charge in [-0.15, -0.1) is 0 Å². The quantitative estimate of drug-likeness (QED) is 0.850. The Kier molecular flexibility index (Phi) is 3.31. The molecule has 0 bridgehead atoms. The molecule has 2 N–H and O–H groups in total. The van der Waals surface area contributed by atoms with E-state index in [-0.39, 0.29) is 5.91 Å². The average Bonchev–Trinajstić information content (AvgIpc) is 2.87. The molecule has 0 aromatic carbocycles. The SMILES string of the molecule is CNC(=O)C1CN(c2cnc3[nH]cc(C)c3c2)CCO1. The highest BCUT2D eigenvalue weighted by Crippen LogP contribution is 2.23. The van der Waals surface area contributed by atoms with Gasteiger partial charge in [0.2, 0.25) is 0 Å². The molecule has 2 aromatic rings. The summed E-state index contributed by atoms with van der Waals surface area (Å²) in [5.74, 6) is -0.0819. The smallest absolute Gasteiger partial charge is 0.250 e. The van der Waals surface area contributed by atoms with Crippen molar-refractivity contribution in [1.82, 2.24) is 15.3 Å². The third-order valence-corrected chi connectivity index (χ3v) is 3.69. The van der Waals surface area contributed by atoms with Gasteiger partial charge in [0, 0.05) is 25.2 Å². The summed E-state index contributed by atoms with van der Waals surface area (Å²) in [5, 5.41) is 3.75. The number of morpholine rings is 1. The maximum absolute atomic E-state index is 11.7. The highest BCUT2D eigenvalue weighted by molar-refractivity contribution is 5.84. The predicted molar refractivity (Wildman–Crippen MR) is 76.9 cm³/mol. The van der Waals surface area contributed by atoms with Crippen molar-refractivity contribution in [1.29, 1.82) is 0 Å². The van der Waals surface area contributed by atoms with Crippen LogP contribution in [0.4, 0.5) is 5.69 Å². The van der Waals surface area contributed by atoms with Crippen LogP contribution in [0.25, 0.3) is 11.0 Å². The molecule has 2 aromatic heterocycles. The molecule has 1 aliphatic rings. The minimum atomic E-state index is -0.420. The molecule has 0 aliphatic carbocycles. The Balaban J connectivity index is 1.86. The minimum absolute atomic E-state index is 0.0819. The fourth-order valence-electron chi connectivity index (χ4n) is 2.50. The first-order valence-corrected chi connectivity index (χ1v) is 6.71. The number of rotatable bonds is 2. The van der Waals surface area contributed by atoms with E-state index in [4.69, 9.17) is 4.74 Å². The van der Waals surface area contributed by atoms with Crippen LogP contribution in [0.1, 0.15) is 5.56 Å². The number of carbonyl (C=O) groups is 1. The van der Waals surface area contributed by atoms with Crippen LogP contribution in [-0.2, 0) is 9.53 Å². The van der Waals surface area contributed by atoms with Gasteiger partial charge in [-0.3, -0.25) is 4.79 Å². The molecular weight excluding hydrogens is 256 g/mol. The maximum atomic E-state index is 11.7. The van der Waals surface area contributed by atoms with Gasteiger partial charge in [0.1, 0.15) is 5.65 Å². The molecule has 1 atom stereocenters. The number of nitrogens with one attached hydrogen (secondary N) is 2. The van der Waals surface area contributed by atoms with E-state index in [9.17, 15) is 4.79 Å². The third-order valence-electron chi connectivity index (χ3n) is 3.69. The van der Waals surface area contributed by atoms with Crippen molar-refractivity contribution in [3.05, 3.63) is 24.0 Å². The number of carbonyl (C=O) groups excluding carboxylic acids is 1. The van der Waals surface area contributed by atoms with Crippen LogP contribution in [0.5, 0.6) is 0 Å². The van der Waals surface area contributed by atoms with Gasteiger partial charge in [-0.25, -0.2) is 4.98 Å². The Morgan fingerprint density at radius 2 is 2.45 bits per heavy atom. The number of hydrogen-bond donors (Lipinski definition) is 2. The topological polar surface area (TPSA) is 70.2 Å². The van der Waals surface area contributed by atoms with E-state index in [1.54, 1.807) is 7.05 Å². The second-order valence-corrected chi connectivity index (χ2v) is 4.98. The van der Waals surface area contributed by atoms with Crippen LogP contribution >= 0.6 is 0 Å². The van der Waals surface area contributed by atoms with Crippen LogP contribution < -0.4 is 10.2 Å². The first-order valence-electron chi connectivity index (χ1n) is 6.71. The standard InChI is InChI=1S/C14H18N4O2/c1-9-6-16-13-11(9)5-10(7-17-13)18-3-4-20-12(8-18)14(19)15-2/h5-7,12H,3-4,8H2,1-2H3,(H,15,19)(H,16,17). The van der Waals surface area contributed by atoms with Gasteiger partial charge in [-0.2, -0.15) is 0 Å². The van der Waals surface area contributed by atoms with E-state index >= 15 is 0 Å². The van der Waals surface area contributed by atoms with E-state index in [1.807, 2.05) is 12.4 Å². The second kappa shape index (κ2) is 5.13. The highest BCUT2D eigenvalue weighted by Gasteiger charge is 2.26. The third kappa shape index (κ3) is 2.22. The number of anilines is 1. The lowest BCUT2D eigenvalue weighted by Gasteiger charge is -2.33. The Morgan fingerprint density at radius 3 is 3.25 bits per heavy atom. The molecular formula is C14H18N4O2. The van der Waals surface area contributed by atoms with Gasteiger partial charge in [0.15, 0.2) is 6.10 Å². The van der Waals surface area contributed by atoms with Crippen molar-refractivity contribution in [2.24, 2.45) is 0 Å². The number of aromatic amines is 1. The number of H-pyrrole nitrogens is 1. The van der Waals surface area contributed by atoms with Gasteiger partial charge in [-0.05, 0) is 18.6 Å². The van der Waals surface area contributed by atoms with Gasteiger partial charge in [0.25, 0.3) is 5.91 Å². The van der Waals surface area contributed by atoms with Crippen molar-refractivity contribution in [2.45, 2.75) is 13.0 Å². The van der Waals surface area contributed by atoms with E-state index in [0.717, 1.165) is 23.3 Å². The fraction of sp³-hybridized carbons (Fsp3) is 0.429. The van der Waals surface area contributed by atoms with Crippen LogP contribution in [0, 0.1) is 6.92 Å². The van der Waals surface area contributed by atoms with E-state index in [1.165, 1.54) is 5.56 Å². The first kappa shape index (κ1) is 12.9. The summed E-state index contributed by atoms with van der Waals surface area (Å²) >= 11 is 0. The number of ether oxygens (including phenoxy) is 1. The minimum Gasteiger partial charge on any atom is -0.365 e. The van der Waals surface area contributed by atoms with E-state index < -0.39 is 6.10 Å².